The Morgan fingerprint density at radius 2 is 0.922 bits per heavy atom. The van der Waals surface area contributed by atoms with Gasteiger partial charge in [-0.05, 0) is 74.1 Å². The molecule has 10 rings (SSSR count). The van der Waals surface area contributed by atoms with Crippen LogP contribution in [0.2, 0.25) is 0 Å². The van der Waals surface area contributed by atoms with E-state index in [1.807, 2.05) is 60.7 Å². The Labute approximate surface area is 294 Å². The molecule has 0 N–H and O–H groups in total. The third-order valence-electron chi connectivity index (χ3n) is 9.71. The summed E-state index contributed by atoms with van der Waals surface area (Å²) >= 11 is 0. The van der Waals surface area contributed by atoms with Gasteiger partial charge in [0.2, 0.25) is 0 Å². The van der Waals surface area contributed by atoms with Crippen LogP contribution in [0.3, 0.4) is 0 Å². The molecule has 4 heteroatoms. The molecule has 0 aliphatic carbocycles. The highest BCUT2D eigenvalue weighted by molar-refractivity contribution is 6.15. The van der Waals surface area contributed by atoms with Crippen LogP contribution in [0.25, 0.3) is 99.9 Å². The summed E-state index contributed by atoms with van der Waals surface area (Å²) in [6.07, 6.45) is 0. The number of aromatic nitrogens is 3. The summed E-state index contributed by atoms with van der Waals surface area (Å²) in [7, 11) is 0. The van der Waals surface area contributed by atoms with Gasteiger partial charge in [-0.15, -0.1) is 0 Å². The molecule has 0 aliphatic heterocycles. The van der Waals surface area contributed by atoms with Gasteiger partial charge in [-0.25, -0.2) is 15.0 Å². The van der Waals surface area contributed by atoms with E-state index in [0.29, 0.717) is 17.5 Å². The molecule has 0 unspecified atom stereocenters. The molecule has 8 aromatic carbocycles. The van der Waals surface area contributed by atoms with Gasteiger partial charge in [-0.3, -0.25) is 0 Å². The van der Waals surface area contributed by atoms with Crippen LogP contribution in [0.15, 0.2) is 180 Å². The Kier molecular flexibility index (Phi) is 6.78. The molecular weight excluding hydrogens is 623 g/mol. The van der Waals surface area contributed by atoms with E-state index in [9.17, 15) is 0 Å². The van der Waals surface area contributed by atoms with Crippen molar-refractivity contribution >= 4 is 43.5 Å². The van der Waals surface area contributed by atoms with Crippen molar-refractivity contribution < 1.29 is 4.42 Å². The van der Waals surface area contributed by atoms with Gasteiger partial charge >= 0.3 is 0 Å². The van der Waals surface area contributed by atoms with Gasteiger partial charge in [0.1, 0.15) is 11.2 Å². The van der Waals surface area contributed by atoms with Crippen molar-refractivity contribution in [3.8, 4) is 56.4 Å². The third kappa shape index (κ3) is 5.04. The van der Waals surface area contributed by atoms with Crippen LogP contribution in [0.5, 0.6) is 0 Å². The molecule has 0 saturated heterocycles. The number of fused-ring (bicyclic) bond motifs is 6. The predicted octanol–water partition coefficient (Wildman–Crippen LogP) is 12.4. The van der Waals surface area contributed by atoms with E-state index in [-0.39, 0.29) is 0 Å². The molecule has 0 spiro atoms. The van der Waals surface area contributed by atoms with E-state index in [1.165, 1.54) is 32.7 Å². The molecular formula is C47H29N3O. The predicted molar refractivity (Wildman–Crippen MR) is 209 cm³/mol. The van der Waals surface area contributed by atoms with Gasteiger partial charge in [-0.2, -0.15) is 0 Å². The number of hydrogen-bond acceptors (Lipinski definition) is 4. The molecule has 4 nitrogen and oxygen atoms in total. The largest absolute Gasteiger partial charge is 0.456 e. The van der Waals surface area contributed by atoms with Crippen molar-refractivity contribution in [1.82, 2.24) is 15.0 Å². The van der Waals surface area contributed by atoms with Crippen molar-refractivity contribution in [3.63, 3.8) is 0 Å². The highest BCUT2D eigenvalue weighted by atomic mass is 16.3. The van der Waals surface area contributed by atoms with Crippen LogP contribution >= 0.6 is 0 Å². The van der Waals surface area contributed by atoms with Crippen molar-refractivity contribution in [2.75, 3.05) is 0 Å². The first-order valence-corrected chi connectivity index (χ1v) is 17.1. The minimum Gasteiger partial charge on any atom is -0.456 e. The quantitative estimate of drug-likeness (QED) is 0.174. The SMILES string of the molecule is c1ccc(-c2nc(-c3cccc(-c4ccc5c(-c6ccccc6)cc6ccccc6c5c4)c3)nc(-c3cccc4oc5ccccc5c34)n2)cc1. The zero-order valence-corrected chi connectivity index (χ0v) is 27.5. The van der Waals surface area contributed by atoms with Gasteiger partial charge in [0.15, 0.2) is 17.5 Å². The monoisotopic (exact) mass is 651 g/mol. The smallest absolute Gasteiger partial charge is 0.164 e. The Hall–Kier alpha value is -6.91. The highest BCUT2D eigenvalue weighted by Crippen LogP contribution is 2.39. The summed E-state index contributed by atoms with van der Waals surface area (Å²) in [6, 6.07) is 61.2. The van der Waals surface area contributed by atoms with E-state index in [2.05, 4.69) is 115 Å². The zero-order valence-electron chi connectivity index (χ0n) is 27.5. The summed E-state index contributed by atoms with van der Waals surface area (Å²) in [4.78, 5) is 15.2. The fourth-order valence-electron chi connectivity index (χ4n) is 7.28. The van der Waals surface area contributed by atoms with Crippen molar-refractivity contribution in [2.45, 2.75) is 0 Å². The van der Waals surface area contributed by atoms with Gasteiger partial charge in [0.25, 0.3) is 0 Å². The Balaban J connectivity index is 1.15. The Bertz CT molecular complexity index is 2910. The average Bonchev–Trinajstić information content (AvgIpc) is 3.60. The standard InChI is InChI=1S/C47H29N3O/c1-3-13-30(14-4-1)40-29-34-17-7-8-20-36(34)41-28-33(25-26-37(40)41)32-18-11-19-35(27-32)46-48-45(31-15-5-2-6-16-31)49-47(50-46)39-22-12-24-43-44(39)38-21-9-10-23-42(38)51-43/h1-29H. The molecule has 0 fully saturated rings. The topological polar surface area (TPSA) is 51.8 Å². The molecule has 2 heterocycles. The Morgan fingerprint density at radius 3 is 1.76 bits per heavy atom. The first-order chi connectivity index (χ1) is 25.3. The van der Waals surface area contributed by atoms with Crippen LogP contribution in [0.1, 0.15) is 0 Å². The molecule has 0 bridgehead atoms. The minimum atomic E-state index is 0.604. The van der Waals surface area contributed by atoms with Crippen molar-refractivity contribution in [3.05, 3.63) is 176 Å². The highest BCUT2D eigenvalue weighted by Gasteiger charge is 2.18. The zero-order chi connectivity index (χ0) is 33.7. The number of hydrogen-bond donors (Lipinski definition) is 0. The fourth-order valence-corrected chi connectivity index (χ4v) is 7.28. The molecule has 238 valence electrons. The first kappa shape index (κ1) is 29.0. The number of nitrogens with zero attached hydrogens (tertiary/aromatic N) is 3. The van der Waals surface area contributed by atoms with E-state index in [0.717, 1.165) is 49.8 Å². The van der Waals surface area contributed by atoms with Crippen molar-refractivity contribution in [2.24, 2.45) is 0 Å². The van der Waals surface area contributed by atoms with Crippen LogP contribution in [0, 0.1) is 0 Å². The lowest BCUT2D eigenvalue weighted by molar-refractivity contribution is 0.669. The summed E-state index contributed by atoms with van der Waals surface area (Å²) in [5.41, 5.74) is 9.06. The summed E-state index contributed by atoms with van der Waals surface area (Å²) < 4.78 is 6.23. The fraction of sp³-hybridized carbons (Fsp3) is 0. The van der Waals surface area contributed by atoms with E-state index in [4.69, 9.17) is 19.4 Å². The van der Waals surface area contributed by atoms with Gasteiger partial charge < -0.3 is 4.42 Å². The van der Waals surface area contributed by atoms with E-state index >= 15 is 0 Å². The molecule has 0 aliphatic rings. The summed E-state index contributed by atoms with van der Waals surface area (Å²) in [5.74, 6) is 1.84. The van der Waals surface area contributed by atoms with E-state index < -0.39 is 0 Å². The van der Waals surface area contributed by atoms with Crippen LogP contribution in [0.4, 0.5) is 0 Å². The van der Waals surface area contributed by atoms with Crippen LogP contribution < -0.4 is 0 Å². The molecule has 0 radical (unpaired) electrons. The molecule has 0 saturated carbocycles. The lowest BCUT2D eigenvalue weighted by atomic mass is 9.91. The second kappa shape index (κ2) is 11.9. The Morgan fingerprint density at radius 1 is 0.314 bits per heavy atom. The van der Waals surface area contributed by atoms with Gasteiger partial charge in [0.05, 0.1) is 0 Å². The minimum absolute atomic E-state index is 0.604. The van der Waals surface area contributed by atoms with Crippen LogP contribution in [-0.2, 0) is 0 Å². The number of furan rings is 1. The molecule has 51 heavy (non-hydrogen) atoms. The maximum absolute atomic E-state index is 6.23. The molecule has 10 aromatic rings. The van der Waals surface area contributed by atoms with Gasteiger partial charge in [-0.1, -0.05) is 146 Å². The number of rotatable bonds is 5. The van der Waals surface area contributed by atoms with E-state index in [1.54, 1.807) is 0 Å². The second-order valence-electron chi connectivity index (χ2n) is 12.8. The van der Waals surface area contributed by atoms with Crippen molar-refractivity contribution in [1.29, 1.82) is 0 Å². The molecule has 0 atom stereocenters. The lowest BCUT2D eigenvalue weighted by Crippen LogP contribution is -2.00. The van der Waals surface area contributed by atoms with Crippen LogP contribution in [-0.4, -0.2) is 15.0 Å². The first-order valence-electron chi connectivity index (χ1n) is 17.1. The average molecular weight is 652 g/mol. The molecule has 0 amide bonds. The maximum atomic E-state index is 6.23. The summed E-state index contributed by atoms with van der Waals surface area (Å²) in [5, 5.41) is 6.95. The summed E-state index contributed by atoms with van der Waals surface area (Å²) in [6.45, 7) is 0. The maximum Gasteiger partial charge on any atom is 0.164 e. The normalized spacial score (nSPS) is 11.5. The van der Waals surface area contributed by atoms with Gasteiger partial charge in [0, 0.05) is 27.5 Å². The number of benzene rings is 8. The second-order valence-corrected chi connectivity index (χ2v) is 12.8. The third-order valence-corrected chi connectivity index (χ3v) is 9.71. The lowest BCUT2D eigenvalue weighted by Gasteiger charge is -2.13. The molecule has 2 aromatic heterocycles. The number of para-hydroxylation sites is 1.